The Bertz CT molecular complexity index is 733. The maximum Gasteiger partial charge on any atom is 0.323 e. The third kappa shape index (κ3) is 4.61. The lowest BCUT2D eigenvalue weighted by Crippen LogP contribution is -2.49. The molecule has 0 radical (unpaired) electrons. The number of hydrogen-bond acceptors (Lipinski definition) is 3. The second kappa shape index (κ2) is 8.44. The number of hydrogen-bond donors (Lipinski definition) is 2. The van der Waals surface area contributed by atoms with Crippen molar-refractivity contribution in [3.8, 4) is 0 Å². The molecule has 142 valence electrons. The van der Waals surface area contributed by atoms with Crippen LogP contribution in [-0.4, -0.2) is 43.2 Å². The van der Waals surface area contributed by atoms with Crippen molar-refractivity contribution in [3.63, 3.8) is 0 Å². The standard InChI is InChI=1S/C22H28N4O/c27-22(23-18-6-2-1-3-7-18)24-19-10-12-21(13-11-19)26-16-14-25(15-17-26)20-8-4-5-9-20/h1-3,6-7,10-13,20H,4-5,8-9,14-17H2,(H2,23,24,27). The van der Waals surface area contributed by atoms with Gasteiger partial charge in [-0.15, -0.1) is 0 Å². The van der Waals surface area contributed by atoms with E-state index in [0.717, 1.165) is 43.6 Å². The molecule has 27 heavy (non-hydrogen) atoms. The molecule has 5 nitrogen and oxygen atoms in total. The minimum Gasteiger partial charge on any atom is -0.369 e. The Morgan fingerprint density at radius 2 is 1.37 bits per heavy atom. The molecule has 0 spiro atoms. The van der Waals surface area contributed by atoms with E-state index in [1.165, 1.54) is 31.4 Å². The summed E-state index contributed by atoms with van der Waals surface area (Å²) in [7, 11) is 0. The van der Waals surface area contributed by atoms with Gasteiger partial charge in [0.15, 0.2) is 0 Å². The number of nitrogens with one attached hydrogen (secondary N) is 2. The number of urea groups is 1. The highest BCUT2D eigenvalue weighted by atomic mass is 16.2. The summed E-state index contributed by atoms with van der Waals surface area (Å²) in [5, 5.41) is 5.72. The van der Waals surface area contributed by atoms with Gasteiger partial charge in [-0.05, 0) is 49.2 Å². The molecule has 1 saturated heterocycles. The largest absolute Gasteiger partial charge is 0.369 e. The number of para-hydroxylation sites is 1. The SMILES string of the molecule is O=C(Nc1ccccc1)Nc1ccc(N2CCN(C3CCCC3)CC2)cc1. The summed E-state index contributed by atoms with van der Waals surface area (Å²) in [6, 6.07) is 18.2. The Balaban J connectivity index is 1.28. The minimum atomic E-state index is -0.223. The van der Waals surface area contributed by atoms with Crippen LogP contribution in [0.4, 0.5) is 21.9 Å². The highest BCUT2D eigenvalue weighted by molar-refractivity contribution is 5.99. The van der Waals surface area contributed by atoms with E-state index in [-0.39, 0.29) is 6.03 Å². The fraction of sp³-hybridized carbons (Fsp3) is 0.409. The lowest BCUT2D eigenvalue weighted by Gasteiger charge is -2.39. The van der Waals surface area contributed by atoms with Gasteiger partial charge in [0, 0.05) is 49.3 Å². The predicted molar refractivity (Wildman–Crippen MR) is 112 cm³/mol. The summed E-state index contributed by atoms with van der Waals surface area (Å²) < 4.78 is 0. The molecule has 5 heteroatoms. The summed E-state index contributed by atoms with van der Waals surface area (Å²) in [6.45, 7) is 4.48. The molecule has 1 heterocycles. The first kappa shape index (κ1) is 17.9. The average Bonchev–Trinajstić information content (AvgIpc) is 3.24. The Hall–Kier alpha value is -2.53. The zero-order chi connectivity index (χ0) is 18.5. The van der Waals surface area contributed by atoms with Gasteiger partial charge in [0.1, 0.15) is 0 Å². The fourth-order valence-corrected chi connectivity index (χ4v) is 4.19. The summed E-state index contributed by atoms with van der Waals surface area (Å²) in [5.41, 5.74) is 2.82. The average molecular weight is 364 g/mol. The molecular formula is C22H28N4O. The molecule has 2 aromatic rings. The number of benzene rings is 2. The fourth-order valence-electron chi connectivity index (χ4n) is 4.19. The van der Waals surface area contributed by atoms with Crippen molar-refractivity contribution < 1.29 is 4.79 Å². The van der Waals surface area contributed by atoms with Crippen LogP contribution in [0.15, 0.2) is 54.6 Å². The Labute approximate surface area is 161 Å². The van der Waals surface area contributed by atoms with Crippen LogP contribution in [0.25, 0.3) is 0 Å². The van der Waals surface area contributed by atoms with Crippen LogP contribution in [0.2, 0.25) is 0 Å². The van der Waals surface area contributed by atoms with Gasteiger partial charge in [-0.25, -0.2) is 4.79 Å². The van der Waals surface area contributed by atoms with Gasteiger partial charge >= 0.3 is 6.03 Å². The molecular weight excluding hydrogens is 336 g/mol. The van der Waals surface area contributed by atoms with Crippen molar-refractivity contribution in [2.45, 2.75) is 31.7 Å². The molecule has 1 aliphatic carbocycles. The van der Waals surface area contributed by atoms with Crippen molar-refractivity contribution >= 4 is 23.1 Å². The first-order valence-corrected chi connectivity index (χ1v) is 10.00. The maximum absolute atomic E-state index is 12.1. The molecule has 2 aliphatic rings. The van der Waals surface area contributed by atoms with Crippen LogP contribution in [0, 0.1) is 0 Å². The Morgan fingerprint density at radius 1 is 0.778 bits per heavy atom. The first-order valence-electron chi connectivity index (χ1n) is 10.00. The van der Waals surface area contributed by atoms with Gasteiger partial charge in [-0.1, -0.05) is 31.0 Å². The van der Waals surface area contributed by atoms with Gasteiger partial charge in [0.05, 0.1) is 0 Å². The number of rotatable bonds is 4. The van der Waals surface area contributed by atoms with E-state index < -0.39 is 0 Å². The van der Waals surface area contributed by atoms with Crippen molar-refractivity contribution in [1.29, 1.82) is 0 Å². The summed E-state index contributed by atoms with van der Waals surface area (Å²) in [5.74, 6) is 0. The van der Waals surface area contributed by atoms with Crippen molar-refractivity contribution in [2.24, 2.45) is 0 Å². The van der Waals surface area contributed by atoms with Crippen molar-refractivity contribution in [1.82, 2.24) is 4.90 Å². The molecule has 4 rings (SSSR count). The third-order valence-corrected chi connectivity index (χ3v) is 5.68. The smallest absolute Gasteiger partial charge is 0.323 e. The van der Waals surface area contributed by atoms with E-state index in [1.54, 1.807) is 0 Å². The normalized spacial score (nSPS) is 18.4. The van der Waals surface area contributed by atoms with Gasteiger partial charge in [0.25, 0.3) is 0 Å². The molecule has 2 N–H and O–H groups in total. The molecule has 0 bridgehead atoms. The van der Waals surface area contributed by atoms with Gasteiger partial charge < -0.3 is 15.5 Å². The van der Waals surface area contributed by atoms with E-state index in [4.69, 9.17) is 0 Å². The molecule has 0 atom stereocenters. The second-order valence-electron chi connectivity index (χ2n) is 7.45. The van der Waals surface area contributed by atoms with Crippen LogP contribution in [0.3, 0.4) is 0 Å². The van der Waals surface area contributed by atoms with E-state index in [1.807, 2.05) is 42.5 Å². The predicted octanol–water partition coefficient (Wildman–Crippen LogP) is 4.40. The van der Waals surface area contributed by atoms with Crippen LogP contribution in [0.1, 0.15) is 25.7 Å². The van der Waals surface area contributed by atoms with E-state index in [9.17, 15) is 4.79 Å². The van der Waals surface area contributed by atoms with Crippen molar-refractivity contribution in [2.75, 3.05) is 41.7 Å². The molecule has 2 aromatic carbocycles. The zero-order valence-corrected chi connectivity index (χ0v) is 15.7. The highest BCUT2D eigenvalue weighted by Crippen LogP contribution is 2.26. The van der Waals surface area contributed by atoms with Crippen molar-refractivity contribution in [3.05, 3.63) is 54.6 Å². The number of carbonyl (C=O) groups is 1. The number of carbonyl (C=O) groups excluding carboxylic acids is 1. The number of anilines is 3. The summed E-state index contributed by atoms with van der Waals surface area (Å²) >= 11 is 0. The lowest BCUT2D eigenvalue weighted by atomic mass is 10.1. The molecule has 2 fully saturated rings. The second-order valence-corrected chi connectivity index (χ2v) is 7.45. The van der Waals surface area contributed by atoms with Gasteiger partial charge in [-0.2, -0.15) is 0 Å². The maximum atomic E-state index is 12.1. The topological polar surface area (TPSA) is 47.6 Å². The number of amides is 2. The zero-order valence-electron chi connectivity index (χ0n) is 15.7. The third-order valence-electron chi connectivity index (χ3n) is 5.68. The first-order chi connectivity index (χ1) is 13.3. The highest BCUT2D eigenvalue weighted by Gasteiger charge is 2.26. The number of nitrogens with zero attached hydrogens (tertiary/aromatic N) is 2. The van der Waals surface area contributed by atoms with E-state index in [0.29, 0.717) is 0 Å². The molecule has 1 aliphatic heterocycles. The van der Waals surface area contributed by atoms with Crippen LogP contribution >= 0.6 is 0 Å². The minimum absolute atomic E-state index is 0.223. The Kier molecular flexibility index (Phi) is 5.58. The molecule has 0 aromatic heterocycles. The molecule has 0 unspecified atom stereocenters. The van der Waals surface area contributed by atoms with E-state index in [2.05, 4.69) is 32.6 Å². The van der Waals surface area contributed by atoms with Gasteiger partial charge in [0.2, 0.25) is 0 Å². The molecule has 2 amide bonds. The summed E-state index contributed by atoms with van der Waals surface area (Å²) in [4.78, 5) is 17.2. The van der Waals surface area contributed by atoms with Crippen LogP contribution in [-0.2, 0) is 0 Å². The monoisotopic (exact) mass is 364 g/mol. The van der Waals surface area contributed by atoms with Crippen LogP contribution < -0.4 is 15.5 Å². The van der Waals surface area contributed by atoms with Gasteiger partial charge in [-0.3, -0.25) is 4.90 Å². The lowest BCUT2D eigenvalue weighted by molar-refractivity contribution is 0.187. The summed E-state index contributed by atoms with van der Waals surface area (Å²) in [6.07, 6.45) is 5.56. The quantitative estimate of drug-likeness (QED) is 0.846. The van der Waals surface area contributed by atoms with E-state index >= 15 is 0 Å². The Morgan fingerprint density at radius 3 is 2.00 bits per heavy atom. The molecule has 1 saturated carbocycles. The number of piperazine rings is 1. The van der Waals surface area contributed by atoms with Crippen LogP contribution in [0.5, 0.6) is 0 Å².